The van der Waals surface area contributed by atoms with Crippen molar-refractivity contribution in [1.29, 1.82) is 0 Å². The highest BCUT2D eigenvalue weighted by Crippen LogP contribution is 2.18. The molecule has 0 amide bonds. The van der Waals surface area contributed by atoms with Crippen LogP contribution >= 0.6 is 0 Å². The molecule has 0 aliphatic rings. The van der Waals surface area contributed by atoms with Gasteiger partial charge in [0.25, 0.3) is 0 Å². The first-order valence-electron chi connectivity index (χ1n) is 5.43. The summed E-state index contributed by atoms with van der Waals surface area (Å²) in [7, 11) is 1.84. The van der Waals surface area contributed by atoms with Gasteiger partial charge in [-0.2, -0.15) is 0 Å². The molecule has 17 heavy (non-hydrogen) atoms. The van der Waals surface area contributed by atoms with E-state index >= 15 is 0 Å². The summed E-state index contributed by atoms with van der Waals surface area (Å²) in [4.78, 5) is 4.26. The number of hydrogen-bond acceptors (Lipinski definition) is 5. The van der Waals surface area contributed by atoms with Crippen LogP contribution in [0.15, 0.2) is 24.5 Å². The summed E-state index contributed by atoms with van der Waals surface area (Å²) in [6.45, 7) is 1.97. The molecule has 0 aromatic carbocycles. The Morgan fingerprint density at radius 1 is 1.53 bits per heavy atom. The Kier molecular flexibility index (Phi) is 3.46. The Morgan fingerprint density at radius 3 is 2.94 bits per heavy atom. The van der Waals surface area contributed by atoms with Gasteiger partial charge in [-0.3, -0.25) is 20.9 Å². The molecule has 90 valence electrons. The Balaban J connectivity index is 2.20. The van der Waals surface area contributed by atoms with Crippen molar-refractivity contribution in [3.05, 3.63) is 41.5 Å². The molecule has 0 saturated carbocycles. The van der Waals surface area contributed by atoms with Gasteiger partial charge in [0.2, 0.25) is 0 Å². The predicted molar refractivity (Wildman–Crippen MR) is 63.7 cm³/mol. The van der Waals surface area contributed by atoms with Crippen molar-refractivity contribution in [3.8, 4) is 0 Å². The fourth-order valence-electron chi connectivity index (χ4n) is 1.82. The molecule has 0 bridgehead atoms. The van der Waals surface area contributed by atoms with Crippen LogP contribution in [0, 0.1) is 6.92 Å². The van der Waals surface area contributed by atoms with Crippen LogP contribution in [0.4, 0.5) is 0 Å². The molecule has 2 heterocycles. The van der Waals surface area contributed by atoms with Gasteiger partial charge < -0.3 is 0 Å². The molecule has 6 heteroatoms. The van der Waals surface area contributed by atoms with E-state index in [1.807, 2.05) is 32.3 Å². The van der Waals surface area contributed by atoms with Crippen LogP contribution in [0.3, 0.4) is 0 Å². The molecule has 1 unspecified atom stereocenters. The zero-order valence-electron chi connectivity index (χ0n) is 9.96. The quantitative estimate of drug-likeness (QED) is 0.584. The van der Waals surface area contributed by atoms with E-state index in [1.165, 1.54) is 0 Å². The van der Waals surface area contributed by atoms with Crippen LogP contribution < -0.4 is 11.3 Å². The summed E-state index contributed by atoms with van der Waals surface area (Å²) in [5.74, 6) is 5.60. The molecule has 0 radical (unpaired) electrons. The van der Waals surface area contributed by atoms with E-state index in [2.05, 4.69) is 20.7 Å². The van der Waals surface area contributed by atoms with Crippen molar-refractivity contribution in [2.45, 2.75) is 19.4 Å². The minimum atomic E-state index is 0.000370. The fourth-order valence-corrected chi connectivity index (χ4v) is 1.82. The normalized spacial score (nSPS) is 12.6. The van der Waals surface area contributed by atoms with Gasteiger partial charge in [-0.1, -0.05) is 11.3 Å². The lowest BCUT2D eigenvalue weighted by Gasteiger charge is -2.16. The monoisotopic (exact) mass is 232 g/mol. The maximum Gasteiger partial charge on any atom is 0.0846 e. The average molecular weight is 232 g/mol. The summed E-state index contributed by atoms with van der Waals surface area (Å²) in [5.41, 5.74) is 5.76. The average Bonchev–Trinajstić information content (AvgIpc) is 2.73. The van der Waals surface area contributed by atoms with Crippen molar-refractivity contribution < 1.29 is 0 Å². The van der Waals surface area contributed by atoms with Gasteiger partial charge in [0, 0.05) is 31.6 Å². The summed E-state index contributed by atoms with van der Waals surface area (Å²) >= 11 is 0. The van der Waals surface area contributed by atoms with E-state index < -0.39 is 0 Å². The molecule has 3 N–H and O–H groups in total. The van der Waals surface area contributed by atoms with Crippen molar-refractivity contribution in [3.63, 3.8) is 0 Å². The SMILES string of the molecule is Cc1ncccc1C(Cc1cn(C)nn1)NN. The van der Waals surface area contributed by atoms with Gasteiger partial charge in [0.05, 0.1) is 11.7 Å². The summed E-state index contributed by atoms with van der Waals surface area (Å²) in [6, 6.07) is 3.92. The van der Waals surface area contributed by atoms with E-state index in [0.717, 1.165) is 17.0 Å². The van der Waals surface area contributed by atoms with Gasteiger partial charge in [-0.05, 0) is 18.6 Å². The molecular formula is C11H16N6. The molecule has 2 rings (SSSR count). The second-order valence-electron chi connectivity index (χ2n) is 3.98. The zero-order valence-corrected chi connectivity index (χ0v) is 9.96. The Labute approximate surface area is 99.8 Å². The minimum Gasteiger partial charge on any atom is -0.271 e. The molecular weight excluding hydrogens is 216 g/mol. The van der Waals surface area contributed by atoms with Crippen LogP contribution in [0.5, 0.6) is 0 Å². The highest BCUT2D eigenvalue weighted by molar-refractivity contribution is 5.23. The smallest absolute Gasteiger partial charge is 0.0846 e. The molecule has 1 atom stereocenters. The van der Waals surface area contributed by atoms with Gasteiger partial charge in [0.15, 0.2) is 0 Å². The van der Waals surface area contributed by atoms with Gasteiger partial charge >= 0.3 is 0 Å². The maximum atomic E-state index is 5.60. The van der Waals surface area contributed by atoms with Gasteiger partial charge in [0.1, 0.15) is 0 Å². The molecule has 0 saturated heterocycles. The van der Waals surface area contributed by atoms with Crippen LogP contribution in [-0.2, 0) is 13.5 Å². The second-order valence-corrected chi connectivity index (χ2v) is 3.98. The number of rotatable bonds is 4. The zero-order chi connectivity index (χ0) is 12.3. The van der Waals surface area contributed by atoms with E-state index in [1.54, 1.807) is 10.9 Å². The van der Waals surface area contributed by atoms with Crippen molar-refractivity contribution >= 4 is 0 Å². The van der Waals surface area contributed by atoms with Crippen molar-refractivity contribution in [2.75, 3.05) is 0 Å². The lowest BCUT2D eigenvalue weighted by atomic mass is 10.0. The third kappa shape index (κ3) is 2.66. The first-order valence-corrected chi connectivity index (χ1v) is 5.43. The minimum absolute atomic E-state index is 0.000370. The molecule has 0 aliphatic carbocycles. The van der Waals surface area contributed by atoms with E-state index in [4.69, 9.17) is 5.84 Å². The van der Waals surface area contributed by atoms with Gasteiger partial charge in [-0.25, -0.2) is 0 Å². The Hall–Kier alpha value is -1.79. The number of hydrazine groups is 1. The number of hydrogen-bond donors (Lipinski definition) is 2. The number of nitrogens with zero attached hydrogens (tertiary/aromatic N) is 4. The lowest BCUT2D eigenvalue weighted by molar-refractivity contribution is 0.540. The topological polar surface area (TPSA) is 81.7 Å². The van der Waals surface area contributed by atoms with Crippen LogP contribution in [0.1, 0.15) is 23.0 Å². The number of nitrogens with one attached hydrogen (secondary N) is 1. The first kappa shape index (κ1) is 11.7. The standard InChI is InChI=1S/C11H16N6/c1-8-10(4-3-5-13-8)11(14-12)6-9-7-17(2)16-15-9/h3-5,7,11,14H,6,12H2,1-2H3. The third-order valence-corrected chi connectivity index (χ3v) is 2.69. The number of aromatic nitrogens is 4. The van der Waals surface area contributed by atoms with Crippen molar-refractivity contribution in [2.24, 2.45) is 12.9 Å². The Morgan fingerprint density at radius 2 is 2.35 bits per heavy atom. The fraction of sp³-hybridized carbons (Fsp3) is 0.364. The molecule has 0 spiro atoms. The second kappa shape index (κ2) is 5.03. The number of pyridine rings is 1. The van der Waals surface area contributed by atoms with Crippen LogP contribution in [-0.4, -0.2) is 20.0 Å². The van der Waals surface area contributed by atoms with Crippen LogP contribution in [0.2, 0.25) is 0 Å². The highest BCUT2D eigenvalue weighted by atomic mass is 15.4. The van der Waals surface area contributed by atoms with Crippen LogP contribution in [0.25, 0.3) is 0 Å². The number of nitrogens with two attached hydrogens (primary N) is 1. The van der Waals surface area contributed by atoms with E-state index in [9.17, 15) is 0 Å². The largest absolute Gasteiger partial charge is 0.271 e. The predicted octanol–water partition coefficient (Wildman–Crippen LogP) is 0.266. The van der Waals surface area contributed by atoms with E-state index in [0.29, 0.717) is 6.42 Å². The summed E-state index contributed by atoms with van der Waals surface area (Å²) < 4.78 is 1.68. The molecule has 0 aliphatic heterocycles. The highest BCUT2D eigenvalue weighted by Gasteiger charge is 2.14. The molecule has 2 aromatic heterocycles. The van der Waals surface area contributed by atoms with E-state index in [-0.39, 0.29) is 6.04 Å². The summed E-state index contributed by atoms with van der Waals surface area (Å²) in [5, 5.41) is 7.96. The Bertz CT molecular complexity index is 492. The molecule has 6 nitrogen and oxygen atoms in total. The molecule has 2 aromatic rings. The summed E-state index contributed by atoms with van der Waals surface area (Å²) in [6.07, 6.45) is 4.35. The number of aryl methyl sites for hydroxylation is 2. The molecule has 0 fully saturated rings. The first-order chi connectivity index (χ1) is 8.20. The van der Waals surface area contributed by atoms with Crippen molar-refractivity contribution in [1.82, 2.24) is 25.4 Å². The maximum absolute atomic E-state index is 5.60. The van der Waals surface area contributed by atoms with Gasteiger partial charge in [-0.15, -0.1) is 5.10 Å². The third-order valence-electron chi connectivity index (χ3n) is 2.69. The lowest BCUT2D eigenvalue weighted by Crippen LogP contribution is -2.30.